The zero-order valence-electron chi connectivity index (χ0n) is 8.37. The molecule has 0 saturated heterocycles. The van der Waals surface area contributed by atoms with Crippen molar-refractivity contribution in [1.29, 1.82) is 0 Å². The molecular formula is C7H17N5. The van der Waals surface area contributed by atoms with Crippen LogP contribution in [0.5, 0.6) is 0 Å². The largest absolute Gasteiger partial charge is 0.369 e. The summed E-state index contributed by atoms with van der Waals surface area (Å²) in [6, 6.07) is 0. The van der Waals surface area contributed by atoms with Crippen molar-refractivity contribution < 1.29 is 0 Å². The lowest BCUT2D eigenvalue weighted by molar-refractivity contribution is 0.528. The fraction of sp³-hybridized carbons (Fsp3) is 0.714. The van der Waals surface area contributed by atoms with Crippen LogP contribution in [0.4, 0.5) is 0 Å². The molecule has 2 N–H and O–H groups in total. The van der Waals surface area contributed by atoms with Gasteiger partial charge in [-0.2, -0.15) is 0 Å². The van der Waals surface area contributed by atoms with Gasteiger partial charge in [0.05, 0.1) is 0 Å². The predicted octanol–water partition coefficient (Wildman–Crippen LogP) is -0.590. The molecule has 0 saturated carbocycles. The van der Waals surface area contributed by atoms with Gasteiger partial charge in [0.1, 0.15) is 0 Å². The average molecular weight is 171 g/mol. The Hall–Kier alpha value is -1.26. The second-order valence-corrected chi connectivity index (χ2v) is 2.56. The summed E-state index contributed by atoms with van der Waals surface area (Å²) in [5, 5.41) is 0. The zero-order valence-corrected chi connectivity index (χ0v) is 8.37. The minimum Gasteiger partial charge on any atom is -0.369 e. The predicted molar refractivity (Wildman–Crippen MR) is 52.4 cm³/mol. The lowest BCUT2D eigenvalue weighted by atomic mass is 10.6. The van der Waals surface area contributed by atoms with E-state index in [-0.39, 0.29) is 0 Å². The SMILES string of the molecule is CN=C(N)N(C)C(=NC)N(C)C. The topological polar surface area (TPSA) is 57.2 Å². The average Bonchev–Trinajstić information content (AvgIpc) is 2.03. The van der Waals surface area contributed by atoms with E-state index < -0.39 is 0 Å². The second kappa shape index (κ2) is 4.58. The van der Waals surface area contributed by atoms with Crippen molar-refractivity contribution in [3.8, 4) is 0 Å². The van der Waals surface area contributed by atoms with Crippen LogP contribution in [-0.2, 0) is 0 Å². The minimum atomic E-state index is 0.448. The molecule has 0 aliphatic carbocycles. The van der Waals surface area contributed by atoms with Crippen molar-refractivity contribution in [2.24, 2.45) is 15.7 Å². The third-order valence-electron chi connectivity index (χ3n) is 1.47. The first-order valence-corrected chi connectivity index (χ1v) is 3.64. The maximum atomic E-state index is 5.60. The number of hydrogen-bond acceptors (Lipinski definition) is 2. The first-order valence-electron chi connectivity index (χ1n) is 3.64. The van der Waals surface area contributed by atoms with Crippen LogP contribution in [0.3, 0.4) is 0 Å². The number of rotatable bonds is 0. The summed E-state index contributed by atoms with van der Waals surface area (Å²) in [6.45, 7) is 0. The Labute approximate surface area is 73.6 Å². The van der Waals surface area contributed by atoms with Crippen molar-refractivity contribution in [2.75, 3.05) is 35.2 Å². The molecule has 0 spiro atoms. The van der Waals surface area contributed by atoms with Gasteiger partial charge in [-0.15, -0.1) is 0 Å². The lowest BCUT2D eigenvalue weighted by Crippen LogP contribution is -2.45. The molecule has 0 aliphatic heterocycles. The fourth-order valence-electron chi connectivity index (χ4n) is 0.902. The monoisotopic (exact) mass is 171 g/mol. The van der Waals surface area contributed by atoms with Gasteiger partial charge in [0.15, 0.2) is 5.96 Å². The molecule has 0 radical (unpaired) electrons. The summed E-state index contributed by atoms with van der Waals surface area (Å²) in [6.07, 6.45) is 0. The fourth-order valence-corrected chi connectivity index (χ4v) is 0.902. The van der Waals surface area contributed by atoms with Crippen LogP contribution >= 0.6 is 0 Å². The Morgan fingerprint density at radius 2 is 1.58 bits per heavy atom. The molecule has 0 fully saturated rings. The first kappa shape index (κ1) is 10.7. The summed E-state index contributed by atoms with van der Waals surface area (Å²) in [7, 11) is 9.00. The number of hydrogen-bond donors (Lipinski definition) is 1. The van der Waals surface area contributed by atoms with Crippen LogP contribution in [0.1, 0.15) is 0 Å². The van der Waals surface area contributed by atoms with Crippen LogP contribution in [-0.4, -0.2) is 57.0 Å². The Morgan fingerprint density at radius 3 is 1.83 bits per heavy atom. The lowest BCUT2D eigenvalue weighted by Gasteiger charge is -2.24. The van der Waals surface area contributed by atoms with E-state index >= 15 is 0 Å². The Bertz CT molecular complexity index is 194. The Balaban J connectivity index is 4.55. The smallest absolute Gasteiger partial charge is 0.202 e. The van der Waals surface area contributed by atoms with E-state index in [1.165, 1.54) is 0 Å². The van der Waals surface area contributed by atoms with Crippen LogP contribution < -0.4 is 5.73 Å². The molecule has 0 aromatic carbocycles. The molecule has 0 heterocycles. The van der Waals surface area contributed by atoms with Crippen LogP contribution in [0.25, 0.3) is 0 Å². The Morgan fingerprint density at radius 1 is 1.08 bits per heavy atom. The van der Waals surface area contributed by atoms with Crippen molar-refractivity contribution in [2.45, 2.75) is 0 Å². The van der Waals surface area contributed by atoms with Gasteiger partial charge >= 0.3 is 0 Å². The van der Waals surface area contributed by atoms with Gasteiger partial charge in [0.25, 0.3) is 0 Å². The third kappa shape index (κ3) is 2.41. The quantitative estimate of drug-likeness (QED) is 0.391. The van der Waals surface area contributed by atoms with Gasteiger partial charge in [0.2, 0.25) is 5.96 Å². The molecule has 0 rings (SSSR count). The van der Waals surface area contributed by atoms with Crippen LogP contribution in [0, 0.1) is 0 Å². The highest BCUT2D eigenvalue weighted by molar-refractivity contribution is 5.97. The number of guanidine groups is 2. The normalized spacial score (nSPS) is 13.1. The summed E-state index contributed by atoms with van der Waals surface area (Å²) in [4.78, 5) is 11.5. The van der Waals surface area contributed by atoms with Gasteiger partial charge in [-0.3, -0.25) is 14.9 Å². The number of nitrogens with zero attached hydrogens (tertiary/aromatic N) is 4. The van der Waals surface area contributed by atoms with Crippen molar-refractivity contribution in [1.82, 2.24) is 9.80 Å². The molecular weight excluding hydrogens is 154 g/mol. The van der Waals surface area contributed by atoms with E-state index in [1.54, 1.807) is 19.0 Å². The molecule has 0 atom stereocenters. The van der Waals surface area contributed by atoms with Crippen molar-refractivity contribution in [3.05, 3.63) is 0 Å². The van der Waals surface area contributed by atoms with E-state index in [0.29, 0.717) is 5.96 Å². The molecule has 70 valence electrons. The van der Waals surface area contributed by atoms with Crippen molar-refractivity contribution in [3.63, 3.8) is 0 Å². The molecule has 0 amide bonds. The molecule has 0 aliphatic rings. The highest BCUT2D eigenvalue weighted by atomic mass is 15.4. The van der Waals surface area contributed by atoms with Gasteiger partial charge < -0.3 is 10.6 Å². The third-order valence-corrected chi connectivity index (χ3v) is 1.47. The maximum absolute atomic E-state index is 5.60. The standard InChI is InChI=1S/C7H17N5/c1-9-6(8)12(5)7(10-2)11(3)4/h1-5H3,(H2,8,9). The molecule has 5 nitrogen and oxygen atoms in total. The molecule has 0 aromatic rings. The minimum absolute atomic E-state index is 0.448. The van der Waals surface area contributed by atoms with E-state index in [2.05, 4.69) is 9.98 Å². The van der Waals surface area contributed by atoms with Crippen LogP contribution in [0.15, 0.2) is 9.98 Å². The summed E-state index contributed by atoms with van der Waals surface area (Å²) >= 11 is 0. The van der Waals surface area contributed by atoms with Gasteiger partial charge in [-0.05, 0) is 0 Å². The van der Waals surface area contributed by atoms with Gasteiger partial charge in [-0.25, -0.2) is 0 Å². The van der Waals surface area contributed by atoms with E-state index in [9.17, 15) is 0 Å². The first-order chi connectivity index (χ1) is 5.54. The highest BCUT2D eigenvalue weighted by Gasteiger charge is 2.09. The molecule has 5 heteroatoms. The molecule has 12 heavy (non-hydrogen) atoms. The molecule has 0 bridgehead atoms. The van der Waals surface area contributed by atoms with Crippen molar-refractivity contribution >= 4 is 11.9 Å². The Kier molecular flexibility index (Phi) is 4.10. The van der Waals surface area contributed by atoms with Gasteiger partial charge in [0, 0.05) is 35.2 Å². The summed E-state index contributed by atoms with van der Waals surface area (Å²) in [5.41, 5.74) is 5.60. The van der Waals surface area contributed by atoms with Gasteiger partial charge in [-0.1, -0.05) is 0 Å². The van der Waals surface area contributed by atoms with E-state index in [1.807, 2.05) is 26.0 Å². The number of aliphatic imine (C=N–C) groups is 2. The van der Waals surface area contributed by atoms with E-state index in [4.69, 9.17) is 5.73 Å². The van der Waals surface area contributed by atoms with Crippen LogP contribution in [0.2, 0.25) is 0 Å². The molecule has 0 aromatic heterocycles. The zero-order chi connectivity index (χ0) is 9.72. The summed E-state index contributed by atoms with van der Waals surface area (Å²) < 4.78 is 0. The van der Waals surface area contributed by atoms with E-state index in [0.717, 1.165) is 5.96 Å². The maximum Gasteiger partial charge on any atom is 0.202 e. The second-order valence-electron chi connectivity index (χ2n) is 2.56. The molecule has 0 unspecified atom stereocenters. The number of nitrogens with two attached hydrogens (primary N) is 1. The summed E-state index contributed by atoms with van der Waals surface area (Å²) in [5.74, 6) is 1.22. The highest BCUT2D eigenvalue weighted by Crippen LogP contribution is 1.90.